The predicted molar refractivity (Wildman–Crippen MR) is 147 cm³/mol. The van der Waals surface area contributed by atoms with Gasteiger partial charge in [0.1, 0.15) is 24.4 Å². The minimum Gasteiger partial charge on any atom is -0.386 e. The summed E-state index contributed by atoms with van der Waals surface area (Å²) in [6, 6.07) is 14.1. The van der Waals surface area contributed by atoms with Gasteiger partial charge in [0.2, 0.25) is 5.91 Å². The van der Waals surface area contributed by atoms with Crippen LogP contribution in [0.5, 0.6) is 0 Å². The zero-order valence-electron chi connectivity index (χ0n) is 22.3. The van der Waals surface area contributed by atoms with Crippen LogP contribution in [0, 0.1) is 5.41 Å². The van der Waals surface area contributed by atoms with E-state index in [2.05, 4.69) is 36.7 Å². The molecule has 8 nitrogen and oxygen atoms in total. The van der Waals surface area contributed by atoms with Crippen LogP contribution in [-0.4, -0.2) is 63.2 Å². The van der Waals surface area contributed by atoms with Crippen molar-refractivity contribution in [3.05, 3.63) is 84.0 Å². The van der Waals surface area contributed by atoms with E-state index in [0.29, 0.717) is 29.7 Å². The second kappa shape index (κ2) is 8.63. The maximum absolute atomic E-state index is 14.3. The SMILES string of the molecule is C=CC(C)(C)[C@]12C[C@H]3C(=O)Nc4ccccc4C(=O)N3[C@H]1N(C(C)CC1=CC(=O)[C@H](O)[C@H]1O)c1ccccc12. The minimum atomic E-state index is -1.46. The summed E-state index contributed by atoms with van der Waals surface area (Å²) < 4.78 is 0. The zero-order valence-corrected chi connectivity index (χ0v) is 22.3. The molecule has 39 heavy (non-hydrogen) atoms. The number of rotatable bonds is 5. The van der Waals surface area contributed by atoms with Crippen LogP contribution in [0.2, 0.25) is 0 Å². The lowest BCUT2D eigenvalue weighted by molar-refractivity contribution is -0.124. The third-order valence-corrected chi connectivity index (χ3v) is 9.40. The van der Waals surface area contributed by atoms with E-state index in [1.54, 1.807) is 29.2 Å². The first-order valence-electron chi connectivity index (χ1n) is 13.4. The molecule has 8 heteroatoms. The highest BCUT2D eigenvalue weighted by molar-refractivity contribution is 6.11. The molecule has 1 unspecified atom stereocenters. The van der Waals surface area contributed by atoms with E-state index >= 15 is 0 Å². The number of nitrogens with one attached hydrogen (secondary N) is 1. The molecule has 2 aromatic rings. The number of nitrogens with zero attached hydrogens (tertiary/aromatic N) is 2. The number of aliphatic hydroxyl groups excluding tert-OH is 2. The van der Waals surface area contributed by atoms with Gasteiger partial charge in [-0.05, 0) is 60.6 Å². The van der Waals surface area contributed by atoms with E-state index in [1.807, 2.05) is 31.2 Å². The monoisotopic (exact) mass is 527 g/mol. The van der Waals surface area contributed by atoms with Gasteiger partial charge in [-0.3, -0.25) is 14.4 Å². The van der Waals surface area contributed by atoms with E-state index in [1.165, 1.54) is 6.08 Å². The van der Waals surface area contributed by atoms with Crippen molar-refractivity contribution in [2.75, 3.05) is 10.2 Å². The van der Waals surface area contributed by atoms with Crippen molar-refractivity contribution in [1.82, 2.24) is 4.90 Å². The van der Waals surface area contributed by atoms with Crippen LogP contribution in [-0.2, 0) is 15.0 Å². The van der Waals surface area contributed by atoms with Gasteiger partial charge in [-0.25, -0.2) is 0 Å². The Morgan fingerprint density at radius 3 is 2.49 bits per heavy atom. The molecule has 0 saturated carbocycles. The molecule has 6 atom stereocenters. The summed E-state index contributed by atoms with van der Waals surface area (Å²) in [6.07, 6.45) is 0.687. The Hall–Kier alpha value is -3.75. The fraction of sp³-hybridized carbons (Fsp3) is 0.387. The van der Waals surface area contributed by atoms with Gasteiger partial charge in [0, 0.05) is 17.1 Å². The largest absolute Gasteiger partial charge is 0.386 e. The molecule has 3 N–H and O–H groups in total. The van der Waals surface area contributed by atoms with Crippen molar-refractivity contribution in [2.45, 2.75) is 69.5 Å². The molecule has 0 aromatic heterocycles. The topological polar surface area (TPSA) is 110 Å². The summed E-state index contributed by atoms with van der Waals surface area (Å²) in [5, 5.41) is 23.6. The van der Waals surface area contributed by atoms with Crippen LogP contribution < -0.4 is 10.2 Å². The molecule has 0 spiro atoms. The van der Waals surface area contributed by atoms with Crippen LogP contribution in [0.4, 0.5) is 11.4 Å². The Kier molecular flexibility index (Phi) is 5.65. The predicted octanol–water partition coefficient (Wildman–Crippen LogP) is 3.16. The Morgan fingerprint density at radius 2 is 1.79 bits per heavy atom. The summed E-state index contributed by atoms with van der Waals surface area (Å²) in [5.41, 5.74) is 2.18. The molecule has 3 heterocycles. The van der Waals surface area contributed by atoms with Gasteiger partial charge in [-0.2, -0.15) is 0 Å². The number of amides is 2. The van der Waals surface area contributed by atoms with E-state index < -0.39 is 41.0 Å². The third kappa shape index (κ3) is 3.34. The zero-order chi connectivity index (χ0) is 27.9. The molecule has 4 aliphatic rings. The lowest BCUT2D eigenvalue weighted by atomic mass is 9.60. The number of carbonyl (C=O) groups is 3. The normalized spacial score (nSPS) is 30.2. The van der Waals surface area contributed by atoms with Crippen molar-refractivity contribution >= 4 is 29.0 Å². The summed E-state index contributed by atoms with van der Waals surface area (Å²) in [6.45, 7) is 10.3. The number of para-hydroxylation sites is 2. The summed E-state index contributed by atoms with van der Waals surface area (Å²) in [5.74, 6) is -0.961. The molecular formula is C31H33N3O5. The van der Waals surface area contributed by atoms with E-state index in [4.69, 9.17) is 0 Å². The molecule has 3 aliphatic heterocycles. The molecular weight excluding hydrogens is 494 g/mol. The first kappa shape index (κ1) is 25.5. The lowest BCUT2D eigenvalue weighted by Crippen LogP contribution is -2.59. The number of aliphatic hydroxyl groups is 2. The number of benzene rings is 2. The lowest BCUT2D eigenvalue weighted by Gasteiger charge is -2.47. The average Bonchev–Trinajstić information content (AvgIpc) is 3.48. The molecule has 1 fully saturated rings. The van der Waals surface area contributed by atoms with Gasteiger partial charge in [-0.1, -0.05) is 50.3 Å². The standard InChI is InChI=1S/C31H33N3O5/c1-5-30(3,4)31-16-23-27(38)32-21-12-8-6-10-19(21)28(39)34(23)29(31)33(22-13-9-7-11-20(22)31)17(2)14-18-15-24(35)26(37)25(18)36/h5-13,15,17,23,25-26,29,36-37H,1,14,16H2,2-4H3,(H,32,38)/t17?,23-,25-,26-,29+,31-/m0/s1. The third-order valence-electron chi connectivity index (χ3n) is 9.40. The Balaban J connectivity index is 1.54. The number of allylic oxidation sites excluding steroid dienone is 1. The minimum absolute atomic E-state index is 0.226. The van der Waals surface area contributed by atoms with Crippen molar-refractivity contribution in [3.63, 3.8) is 0 Å². The maximum atomic E-state index is 14.3. The molecule has 6 rings (SSSR count). The van der Waals surface area contributed by atoms with Crippen LogP contribution in [0.3, 0.4) is 0 Å². The van der Waals surface area contributed by atoms with Gasteiger partial charge >= 0.3 is 0 Å². The number of hydrogen-bond donors (Lipinski definition) is 3. The van der Waals surface area contributed by atoms with Crippen LogP contribution in [0.25, 0.3) is 0 Å². The highest BCUT2D eigenvalue weighted by Crippen LogP contribution is 2.63. The first-order chi connectivity index (χ1) is 18.5. The van der Waals surface area contributed by atoms with Crippen molar-refractivity contribution in [2.24, 2.45) is 5.41 Å². The van der Waals surface area contributed by atoms with Gasteiger partial charge in [0.05, 0.1) is 11.3 Å². The Morgan fingerprint density at radius 1 is 1.10 bits per heavy atom. The van der Waals surface area contributed by atoms with Crippen molar-refractivity contribution in [1.29, 1.82) is 0 Å². The van der Waals surface area contributed by atoms with Crippen molar-refractivity contribution < 1.29 is 24.6 Å². The van der Waals surface area contributed by atoms with Crippen molar-refractivity contribution in [3.8, 4) is 0 Å². The molecule has 0 radical (unpaired) electrons. The number of fused-ring (bicyclic) bond motifs is 6. The maximum Gasteiger partial charge on any atom is 0.258 e. The highest BCUT2D eigenvalue weighted by atomic mass is 16.3. The molecule has 2 aromatic carbocycles. The average molecular weight is 528 g/mol. The molecule has 1 aliphatic carbocycles. The second-order valence-corrected chi connectivity index (χ2v) is 11.7. The summed E-state index contributed by atoms with van der Waals surface area (Å²) in [7, 11) is 0. The van der Waals surface area contributed by atoms with Gasteiger partial charge in [0.15, 0.2) is 5.78 Å². The fourth-order valence-corrected chi connectivity index (χ4v) is 7.28. The summed E-state index contributed by atoms with van der Waals surface area (Å²) >= 11 is 0. The molecule has 2 amide bonds. The molecule has 1 saturated heterocycles. The molecule has 202 valence electrons. The van der Waals surface area contributed by atoms with Gasteiger partial charge in [-0.15, -0.1) is 6.58 Å². The number of anilines is 2. The van der Waals surface area contributed by atoms with Crippen LogP contribution in [0.1, 0.15) is 49.5 Å². The van der Waals surface area contributed by atoms with E-state index in [-0.39, 0.29) is 17.9 Å². The second-order valence-electron chi connectivity index (χ2n) is 11.7. The Labute approximate surface area is 227 Å². The van der Waals surface area contributed by atoms with Crippen LogP contribution in [0.15, 0.2) is 72.8 Å². The van der Waals surface area contributed by atoms with Crippen LogP contribution >= 0.6 is 0 Å². The van der Waals surface area contributed by atoms with Gasteiger partial charge in [0.25, 0.3) is 5.91 Å². The number of ketones is 1. The van der Waals surface area contributed by atoms with E-state index in [9.17, 15) is 24.6 Å². The smallest absolute Gasteiger partial charge is 0.258 e. The Bertz CT molecular complexity index is 1450. The first-order valence-corrected chi connectivity index (χ1v) is 13.4. The van der Waals surface area contributed by atoms with Gasteiger partial charge < -0.3 is 25.3 Å². The van der Waals surface area contributed by atoms with E-state index in [0.717, 1.165) is 11.3 Å². The highest BCUT2D eigenvalue weighted by Gasteiger charge is 2.68. The number of carbonyl (C=O) groups excluding carboxylic acids is 3. The fourth-order valence-electron chi connectivity index (χ4n) is 7.28. The summed E-state index contributed by atoms with van der Waals surface area (Å²) in [4.78, 5) is 44.1. The quantitative estimate of drug-likeness (QED) is 0.516. The molecule has 0 bridgehead atoms. The number of hydrogen-bond acceptors (Lipinski definition) is 6.